The Labute approximate surface area is 163 Å². The van der Waals surface area contributed by atoms with E-state index in [1.165, 1.54) is 37.1 Å². The van der Waals surface area contributed by atoms with Crippen LogP contribution in [0.25, 0.3) is 0 Å². The van der Waals surface area contributed by atoms with Gasteiger partial charge in [-0.1, -0.05) is 0 Å². The maximum absolute atomic E-state index is 13.9. The zero-order valence-electron chi connectivity index (χ0n) is 16.3. The lowest BCUT2D eigenvalue weighted by atomic mass is 9.78. The average Bonchev–Trinajstić information content (AvgIpc) is 2.76. The second-order valence-corrected chi connectivity index (χ2v) is 9.05. The number of fused-ring (bicyclic) bond motifs is 2. The van der Waals surface area contributed by atoms with Crippen molar-refractivity contribution in [1.29, 1.82) is 0 Å². The number of piperidine rings is 1. The minimum Gasteiger partial charge on any atom is -0.324 e. The van der Waals surface area contributed by atoms with Gasteiger partial charge in [-0.3, -0.25) is 0 Å². The second-order valence-electron chi connectivity index (χ2n) is 9.05. The maximum atomic E-state index is 13.9. The van der Waals surface area contributed by atoms with Crippen LogP contribution in [0.15, 0.2) is 36.4 Å². The predicted molar refractivity (Wildman–Crippen MR) is 101 cm³/mol. The van der Waals surface area contributed by atoms with E-state index in [9.17, 15) is 17.6 Å². The first-order chi connectivity index (χ1) is 13.2. The van der Waals surface area contributed by atoms with Crippen LogP contribution < -0.4 is 0 Å². The van der Waals surface area contributed by atoms with Crippen molar-refractivity contribution in [1.82, 2.24) is 0 Å². The summed E-state index contributed by atoms with van der Waals surface area (Å²) in [5.41, 5.74) is 0.878. The van der Waals surface area contributed by atoms with Gasteiger partial charge in [0.15, 0.2) is 0 Å². The number of quaternary nitrogens is 1. The highest BCUT2D eigenvalue weighted by molar-refractivity contribution is 5.34. The lowest BCUT2D eigenvalue weighted by Gasteiger charge is -2.45. The molecule has 2 aromatic carbocycles. The first-order valence-corrected chi connectivity index (χ1v) is 9.97. The third-order valence-electron chi connectivity index (χ3n) is 7.07. The van der Waals surface area contributed by atoms with E-state index in [0.717, 1.165) is 29.5 Å². The van der Waals surface area contributed by atoms with E-state index in [1.54, 1.807) is 0 Å². The summed E-state index contributed by atoms with van der Waals surface area (Å²) in [6, 6.07) is 7.96. The Hall–Kier alpha value is -1.88. The molecule has 2 atom stereocenters. The third-order valence-corrected chi connectivity index (χ3v) is 7.07. The van der Waals surface area contributed by atoms with Crippen LogP contribution in [0, 0.1) is 29.2 Å². The number of hydrogen-bond donors (Lipinski definition) is 0. The molecule has 0 N–H and O–H groups in total. The van der Waals surface area contributed by atoms with Crippen LogP contribution in [0.4, 0.5) is 17.6 Å². The van der Waals surface area contributed by atoms with Gasteiger partial charge in [-0.05, 0) is 47.7 Å². The molecule has 4 rings (SSSR count). The topological polar surface area (TPSA) is 0 Å². The summed E-state index contributed by atoms with van der Waals surface area (Å²) in [5.74, 6) is -2.74. The molecule has 2 aliphatic heterocycles. The van der Waals surface area contributed by atoms with Crippen molar-refractivity contribution in [2.45, 2.75) is 50.1 Å². The van der Waals surface area contributed by atoms with E-state index in [-0.39, 0.29) is 0 Å². The number of rotatable bonds is 4. The predicted octanol–water partition coefficient (Wildman–Crippen LogP) is 5.78. The Morgan fingerprint density at radius 1 is 0.750 bits per heavy atom. The van der Waals surface area contributed by atoms with Gasteiger partial charge in [-0.25, -0.2) is 17.6 Å². The summed E-state index contributed by atoms with van der Waals surface area (Å²) in [6.45, 7) is 0. The molecule has 28 heavy (non-hydrogen) atoms. The molecule has 0 spiro atoms. The first kappa shape index (κ1) is 19.4. The van der Waals surface area contributed by atoms with Crippen LogP contribution in [0.2, 0.25) is 0 Å². The van der Waals surface area contributed by atoms with Gasteiger partial charge in [0, 0.05) is 43.7 Å². The zero-order valence-corrected chi connectivity index (χ0v) is 16.3. The lowest BCUT2D eigenvalue weighted by Crippen LogP contribution is -2.54. The molecule has 150 valence electrons. The highest BCUT2D eigenvalue weighted by atomic mass is 19.1. The molecule has 0 radical (unpaired) electrons. The van der Waals surface area contributed by atoms with Gasteiger partial charge in [-0.15, -0.1) is 0 Å². The summed E-state index contributed by atoms with van der Waals surface area (Å²) in [4.78, 5) is 0. The van der Waals surface area contributed by atoms with E-state index in [4.69, 9.17) is 0 Å². The van der Waals surface area contributed by atoms with Crippen LogP contribution in [0.5, 0.6) is 0 Å². The van der Waals surface area contributed by atoms with Gasteiger partial charge in [0.05, 0.1) is 26.2 Å². The molecule has 0 amide bonds. The molecule has 2 saturated heterocycles. The summed E-state index contributed by atoms with van der Waals surface area (Å²) >= 11 is 0. The Morgan fingerprint density at radius 2 is 1.14 bits per heavy atom. The lowest BCUT2D eigenvalue weighted by molar-refractivity contribution is -0.931. The molecule has 0 unspecified atom stereocenters. The summed E-state index contributed by atoms with van der Waals surface area (Å²) in [6.07, 6.45) is 5.11. The highest BCUT2D eigenvalue weighted by Gasteiger charge is 2.49. The number of hydrogen-bond acceptors (Lipinski definition) is 0. The quantitative estimate of drug-likeness (QED) is 0.457. The molecule has 1 nitrogen and oxygen atoms in total. The Bertz CT molecular complexity index is 771. The number of halogens is 4. The van der Waals surface area contributed by atoms with Crippen molar-refractivity contribution in [3.63, 3.8) is 0 Å². The first-order valence-electron chi connectivity index (χ1n) is 9.97. The van der Waals surface area contributed by atoms with E-state index >= 15 is 0 Å². The van der Waals surface area contributed by atoms with Crippen molar-refractivity contribution in [3.05, 3.63) is 70.8 Å². The molecular formula is C23H26F4N+. The monoisotopic (exact) mass is 392 g/mol. The van der Waals surface area contributed by atoms with Gasteiger partial charge in [0.1, 0.15) is 23.3 Å². The van der Waals surface area contributed by atoms with Crippen LogP contribution in [0.1, 0.15) is 49.1 Å². The maximum Gasteiger partial charge on any atom is 0.126 e. The van der Waals surface area contributed by atoms with Crippen LogP contribution in [-0.2, 0) is 0 Å². The van der Waals surface area contributed by atoms with E-state index in [0.29, 0.717) is 35.5 Å². The average molecular weight is 392 g/mol. The van der Waals surface area contributed by atoms with Crippen LogP contribution in [0.3, 0.4) is 0 Å². The number of nitrogens with zero attached hydrogens (tertiary/aromatic N) is 1. The SMILES string of the molecule is C[N+]1(C)[C@H]2CC[C@H]1CC(CC(c1cc(F)cc(F)c1)c1cc(F)cc(F)c1)C2. The molecule has 2 aromatic rings. The van der Waals surface area contributed by atoms with E-state index in [1.807, 2.05) is 0 Å². The fraction of sp³-hybridized carbons (Fsp3) is 0.478. The Kier molecular flexibility index (Phi) is 4.98. The largest absolute Gasteiger partial charge is 0.324 e. The third kappa shape index (κ3) is 3.69. The van der Waals surface area contributed by atoms with Gasteiger partial charge in [0.2, 0.25) is 0 Å². The molecule has 0 saturated carbocycles. The second kappa shape index (κ2) is 7.18. The molecule has 0 aromatic heterocycles. The molecule has 0 aliphatic carbocycles. The minimum atomic E-state index is -0.668. The summed E-state index contributed by atoms with van der Waals surface area (Å²) in [5, 5.41) is 0. The summed E-state index contributed by atoms with van der Waals surface area (Å²) in [7, 11) is 4.56. The molecule has 2 heterocycles. The normalized spacial score (nSPS) is 26.0. The molecule has 2 bridgehead atoms. The Morgan fingerprint density at radius 3 is 1.54 bits per heavy atom. The highest BCUT2D eigenvalue weighted by Crippen LogP contribution is 2.46. The molecule has 2 aliphatic rings. The van der Waals surface area contributed by atoms with Crippen molar-refractivity contribution in [2.75, 3.05) is 14.1 Å². The van der Waals surface area contributed by atoms with Crippen molar-refractivity contribution >= 4 is 0 Å². The zero-order chi connectivity index (χ0) is 20.1. The van der Waals surface area contributed by atoms with Crippen LogP contribution in [-0.4, -0.2) is 30.7 Å². The fourth-order valence-electron chi connectivity index (χ4n) is 5.54. The Balaban J connectivity index is 1.68. The molecule has 5 heteroatoms. The van der Waals surface area contributed by atoms with Crippen LogP contribution >= 0.6 is 0 Å². The van der Waals surface area contributed by atoms with Gasteiger partial charge in [-0.2, -0.15) is 0 Å². The standard InChI is InChI=1S/C23H26F4N/c1-28(2)21-3-4-22(28)6-14(5-21)7-23(15-8-17(24)12-18(25)9-15)16-10-19(26)13-20(27)11-16/h8-14,21-23H,3-7H2,1-2H3/q+1/t21-,22-/m0/s1. The minimum absolute atomic E-state index is 0.367. The van der Waals surface area contributed by atoms with E-state index in [2.05, 4.69) is 14.1 Å². The van der Waals surface area contributed by atoms with Gasteiger partial charge < -0.3 is 4.48 Å². The van der Waals surface area contributed by atoms with Crippen molar-refractivity contribution < 1.29 is 22.0 Å². The summed E-state index contributed by atoms with van der Waals surface area (Å²) < 4.78 is 56.6. The smallest absolute Gasteiger partial charge is 0.126 e. The number of benzene rings is 2. The van der Waals surface area contributed by atoms with Crippen molar-refractivity contribution in [3.8, 4) is 0 Å². The van der Waals surface area contributed by atoms with E-state index < -0.39 is 29.2 Å². The molecule has 2 fully saturated rings. The molecular weight excluding hydrogens is 366 g/mol. The van der Waals surface area contributed by atoms with Gasteiger partial charge in [0.25, 0.3) is 0 Å². The fourth-order valence-corrected chi connectivity index (χ4v) is 5.54. The van der Waals surface area contributed by atoms with Gasteiger partial charge >= 0.3 is 0 Å². The van der Waals surface area contributed by atoms with Crippen molar-refractivity contribution in [2.24, 2.45) is 5.92 Å².